The van der Waals surface area contributed by atoms with Gasteiger partial charge in [0.2, 0.25) is 0 Å². The van der Waals surface area contributed by atoms with E-state index in [-0.39, 0.29) is 17.6 Å². The summed E-state index contributed by atoms with van der Waals surface area (Å²) in [6.07, 6.45) is 5.42. The van der Waals surface area contributed by atoms with Gasteiger partial charge in [-0.2, -0.15) is 0 Å². The average Bonchev–Trinajstić information content (AvgIpc) is 2.50. The Morgan fingerprint density at radius 1 is 1.59 bits per heavy atom. The van der Waals surface area contributed by atoms with Crippen molar-refractivity contribution in [1.29, 1.82) is 5.41 Å². The highest BCUT2D eigenvalue weighted by Crippen LogP contribution is 2.41. The van der Waals surface area contributed by atoms with Gasteiger partial charge >= 0.3 is 6.03 Å². The third-order valence-corrected chi connectivity index (χ3v) is 4.30. The summed E-state index contributed by atoms with van der Waals surface area (Å²) < 4.78 is 0. The van der Waals surface area contributed by atoms with E-state index < -0.39 is 0 Å². The van der Waals surface area contributed by atoms with Crippen LogP contribution < -0.4 is 5.32 Å². The van der Waals surface area contributed by atoms with Crippen LogP contribution in [-0.4, -0.2) is 28.3 Å². The molecule has 0 radical (unpaired) electrons. The standard InChI is InChI=1S/C13H23N3O/c1-4-10-6-5-7-13(8-10)11(14)15-12(17)16(13)9(2)3/h9-10H,4-8H2,1-3H3,(H2,14,15,17). The number of nitrogens with zero attached hydrogens (tertiary/aromatic N) is 1. The fourth-order valence-corrected chi connectivity index (χ4v) is 3.49. The Bertz CT molecular complexity index is 340. The van der Waals surface area contributed by atoms with Crippen LogP contribution in [0.4, 0.5) is 4.79 Å². The number of carbonyl (C=O) groups excluding carboxylic acids is 1. The van der Waals surface area contributed by atoms with E-state index in [9.17, 15) is 4.79 Å². The van der Waals surface area contributed by atoms with Crippen LogP contribution in [0.1, 0.15) is 52.9 Å². The lowest BCUT2D eigenvalue weighted by molar-refractivity contribution is 0.100. The molecule has 2 aliphatic rings. The molecule has 2 N–H and O–H groups in total. The average molecular weight is 237 g/mol. The summed E-state index contributed by atoms with van der Waals surface area (Å²) in [5.74, 6) is 1.08. The molecule has 2 unspecified atom stereocenters. The molecular weight excluding hydrogens is 214 g/mol. The molecule has 1 saturated heterocycles. The molecule has 4 heteroatoms. The van der Waals surface area contributed by atoms with Crippen molar-refractivity contribution in [3.63, 3.8) is 0 Å². The summed E-state index contributed by atoms with van der Waals surface area (Å²) in [6, 6.07) is 0.0789. The second-order valence-corrected chi connectivity index (χ2v) is 5.67. The molecule has 1 heterocycles. The number of rotatable bonds is 2. The Hall–Kier alpha value is -1.06. The fraction of sp³-hybridized carbons (Fsp3) is 0.846. The van der Waals surface area contributed by atoms with Gasteiger partial charge in [0.15, 0.2) is 0 Å². The van der Waals surface area contributed by atoms with E-state index in [1.807, 2.05) is 18.7 Å². The third-order valence-electron chi connectivity index (χ3n) is 4.30. The smallest absolute Gasteiger partial charge is 0.309 e. The van der Waals surface area contributed by atoms with E-state index in [1.165, 1.54) is 6.42 Å². The van der Waals surface area contributed by atoms with Crippen LogP contribution in [0.2, 0.25) is 0 Å². The molecule has 0 aromatic rings. The first-order chi connectivity index (χ1) is 8.01. The molecule has 0 bridgehead atoms. The first-order valence-corrected chi connectivity index (χ1v) is 6.70. The minimum Gasteiger partial charge on any atom is -0.309 e. The number of urea groups is 1. The molecule has 1 aliphatic carbocycles. The van der Waals surface area contributed by atoms with Crippen molar-refractivity contribution in [1.82, 2.24) is 10.2 Å². The molecule has 17 heavy (non-hydrogen) atoms. The van der Waals surface area contributed by atoms with Gasteiger partial charge in [0.1, 0.15) is 11.4 Å². The van der Waals surface area contributed by atoms with E-state index in [0.717, 1.165) is 25.7 Å². The van der Waals surface area contributed by atoms with Crippen LogP contribution in [0.3, 0.4) is 0 Å². The van der Waals surface area contributed by atoms with Crippen molar-refractivity contribution >= 4 is 11.9 Å². The summed E-state index contributed by atoms with van der Waals surface area (Å²) in [4.78, 5) is 13.9. The van der Waals surface area contributed by atoms with Crippen LogP contribution in [0.15, 0.2) is 0 Å². The molecule has 4 nitrogen and oxygen atoms in total. The summed E-state index contributed by atoms with van der Waals surface area (Å²) in [5, 5.41) is 10.9. The number of amidine groups is 1. The maximum Gasteiger partial charge on any atom is 0.323 e. The molecule has 0 aromatic heterocycles. The van der Waals surface area contributed by atoms with Gasteiger partial charge < -0.3 is 4.90 Å². The zero-order valence-corrected chi connectivity index (χ0v) is 11.0. The Balaban J connectivity index is 2.31. The van der Waals surface area contributed by atoms with Gasteiger partial charge in [-0.3, -0.25) is 10.7 Å². The minimum absolute atomic E-state index is 0.0817. The normalized spacial score (nSPS) is 33.6. The van der Waals surface area contributed by atoms with E-state index in [1.54, 1.807) is 0 Å². The molecule has 2 rings (SSSR count). The molecule has 0 aromatic carbocycles. The lowest BCUT2D eigenvalue weighted by atomic mass is 9.73. The van der Waals surface area contributed by atoms with Crippen molar-refractivity contribution in [2.24, 2.45) is 5.92 Å². The predicted octanol–water partition coefficient (Wildman–Crippen LogP) is 2.74. The SMILES string of the molecule is CCC1CCCC2(C1)C(=N)NC(=O)N2C(C)C. The van der Waals surface area contributed by atoms with Crippen LogP contribution >= 0.6 is 0 Å². The van der Waals surface area contributed by atoms with Crippen molar-refractivity contribution in [2.45, 2.75) is 64.5 Å². The molecule has 96 valence electrons. The number of amides is 2. The minimum atomic E-state index is -0.329. The van der Waals surface area contributed by atoms with Gasteiger partial charge in [-0.1, -0.05) is 26.2 Å². The molecule has 2 atom stereocenters. The third kappa shape index (κ3) is 1.83. The molecule has 1 aliphatic heterocycles. The highest BCUT2D eigenvalue weighted by molar-refractivity contribution is 6.08. The summed E-state index contributed by atoms with van der Waals surface area (Å²) in [7, 11) is 0. The summed E-state index contributed by atoms with van der Waals surface area (Å²) in [6.45, 7) is 6.28. The molecule has 1 saturated carbocycles. The Morgan fingerprint density at radius 3 is 2.88 bits per heavy atom. The van der Waals surface area contributed by atoms with Gasteiger partial charge in [-0.25, -0.2) is 4.79 Å². The summed E-state index contributed by atoms with van der Waals surface area (Å²) >= 11 is 0. The van der Waals surface area contributed by atoms with E-state index in [4.69, 9.17) is 5.41 Å². The second kappa shape index (κ2) is 4.31. The highest BCUT2D eigenvalue weighted by Gasteiger charge is 2.52. The Kier molecular flexibility index (Phi) is 3.15. The lowest BCUT2D eigenvalue weighted by Gasteiger charge is -2.44. The van der Waals surface area contributed by atoms with Gasteiger partial charge in [0.05, 0.1) is 0 Å². The maximum absolute atomic E-state index is 12.0. The topological polar surface area (TPSA) is 56.2 Å². The number of hydrogen-bond acceptors (Lipinski definition) is 2. The predicted molar refractivity (Wildman–Crippen MR) is 68.2 cm³/mol. The van der Waals surface area contributed by atoms with Crippen LogP contribution in [0.5, 0.6) is 0 Å². The highest BCUT2D eigenvalue weighted by atomic mass is 16.2. The van der Waals surface area contributed by atoms with Crippen LogP contribution in [0, 0.1) is 11.3 Å². The zero-order valence-electron chi connectivity index (χ0n) is 11.0. The van der Waals surface area contributed by atoms with Crippen molar-refractivity contribution in [3.8, 4) is 0 Å². The van der Waals surface area contributed by atoms with E-state index >= 15 is 0 Å². The maximum atomic E-state index is 12.0. The molecule has 2 fully saturated rings. The second-order valence-electron chi connectivity index (χ2n) is 5.67. The van der Waals surface area contributed by atoms with Gasteiger partial charge in [-0.15, -0.1) is 0 Å². The number of nitrogens with one attached hydrogen (secondary N) is 2. The van der Waals surface area contributed by atoms with Crippen molar-refractivity contribution in [3.05, 3.63) is 0 Å². The van der Waals surface area contributed by atoms with E-state index in [2.05, 4.69) is 12.2 Å². The van der Waals surface area contributed by atoms with Gasteiger partial charge in [-0.05, 0) is 32.6 Å². The lowest BCUT2D eigenvalue weighted by Crippen LogP contribution is -2.54. The Labute approximate surface area is 103 Å². The fourth-order valence-electron chi connectivity index (χ4n) is 3.49. The van der Waals surface area contributed by atoms with Crippen LogP contribution in [-0.2, 0) is 0 Å². The molecule has 1 spiro atoms. The van der Waals surface area contributed by atoms with Crippen molar-refractivity contribution in [2.75, 3.05) is 0 Å². The van der Waals surface area contributed by atoms with Gasteiger partial charge in [0, 0.05) is 6.04 Å². The van der Waals surface area contributed by atoms with Crippen LogP contribution in [0.25, 0.3) is 0 Å². The largest absolute Gasteiger partial charge is 0.323 e. The molecular formula is C13H23N3O. The molecule has 2 amide bonds. The zero-order chi connectivity index (χ0) is 12.6. The number of hydrogen-bond donors (Lipinski definition) is 2. The van der Waals surface area contributed by atoms with Gasteiger partial charge in [0.25, 0.3) is 0 Å². The first-order valence-electron chi connectivity index (χ1n) is 6.70. The number of carbonyl (C=O) groups is 1. The Morgan fingerprint density at radius 2 is 2.29 bits per heavy atom. The van der Waals surface area contributed by atoms with E-state index in [0.29, 0.717) is 11.8 Å². The summed E-state index contributed by atoms with van der Waals surface area (Å²) in [5.41, 5.74) is -0.329. The van der Waals surface area contributed by atoms with Crippen molar-refractivity contribution < 1.29 is 4.79 Å². The monoisotopic (exact) mass is 237 g/mol. The first kappa shape index (κ1) is 12.4. The quantitative estimate of drug-likeness (QED) is 0.762.